The predicted octanol–water partition coefficient (Wildman–Crippen LogP) is 2.75. The minimum Gasteiger partial charge on any atom is -0.462 e. The van der Waals surface area contributed by atoms with Crippen molar-refractivity contribution in [1.29, 1.82) is 0 Å². The molecule has 6 heteroatoms. The largest absolute Gasteiger partial charge is 0.462 e. The summed E-state index contributed by atoms with van der Waals surface area (Å²) in [5.74, 6) is 0.185. The van der Waals surface area contributed by atoms with Crippen molar-refractivity contribution in [3.05, 3.63) is 51.9 Å². The number of nitrogens with one attached hydrogen (secondary N) is 1. The average molecular weight is 388 g/mol. The van der Waals surface area contributed by atoms with Crippen molar-refractivity contribution in [2.75, 3.05) is 18.5 Å². The Hall–Kier alpha value is -2.18. The van der Waals surface area contributed by atoms with Gasteiger partial charge in [0.25, 0.3) is 5.91 Å². The van der Waals surface area contributed by atoms with Crippen LogP contribution in [0.3, 0.4) is 0 Å². The fraction of sp³-hybridized carbons (Fsp3) is 0.429. The van der Waals surface area contributed by atoms with Gasteiger partial charge in [0, 0.05) is 10.4 Å². The van der Waals surface area contributed by atoms with Crippen LogP contribution < -0.4 is 10.6 Å². The number of hydrogen-bond acceptors (Lipinski definition) is 4. The molecule has 2 aromatic rings. The molecule has 0 aliphatic heterocycles. The Morgan fingerprint density at radius 3 is 2.81 bits per heavy atom. The van der Waals surface area contributed by atoms with Gasteiger partial charge in [0.2, 0.25) is 0 Å². The molecule has 144 valence electrons. The molecule has 1 amide bonds. The van der Waals surface area contributed by atoms with Crippen molar-refractivity contribution in [2.24, 2.45) is 5.92 Å². The fourth-order valence-electron chi connectivity index (χ4n) is 3.42. The Labute approximate surface area is 164 Å². The number of anilines is 1. The third-order valence-electron chi connectivity index (χ3n) is 4.80. The van der Waals surface area contributed by atoms with Crippen LogP contribution in [0, 0.1) is 5.92 Å². The van der Waals surface area contributed by atoms with E-state index in [1.54, 1.807) is 6.92 Å². The first-order valence-corrected chi connectivity index (χ1v) is 10.4. The smallest absolute Gasteiger partial charge is 0.341 e. The highest BCUT2D eigenvalue weighted by Crippen LogP contribution is 2.40. The second kappa shape index (κ2) is 9.15. The molecular formula is C21H27N2O3S+. The van der Waals surface area contributed by atoms with Crippen LogP contribution in [0.15, 0.2) is 30.3 Å². The molecule has 3 rings (SSSR count). The molecule has 1 atom stereocenters. The van der Waals surface area contributed by atoms with Gasteiger partial charge in [-0.2, -0.15) is 0 Å². The van der Waals surface area contributed by atoms with Gasteiger partial charge in [0.05, 0.1) is 12.2 Å². The van der Waals surface area contributed by atoms with Crippen LogP contribution in [0.4, 0.5) is 5.00 Å². The Balaban J connectivity index is 1.67. The topological polar surface area (TPSA) is 72.0 Å². The van der Waals surface area contributed by atoms with Crippen molar-refractivity contribution in [2.45, 2.75) is 39.7 Å². The maximum Gasteiger partial charge on any atom is 0.341 e. The van der Waals surface area contributed by atoms with Crippen LogP contribution in [0.25, 0.3) is 0 Å². The highest BCUT2D eigenvalue weighted by molar-refractivity contribution is 7.17. The molecule has 1 heterocycles. The van der Waals surface area contributed by atoms with E-state index in [9.17, 15) is 9.59 Å². The van der Waals surface area contributed by atoms with E-state index in [0.717, 1.165) is 31.4 Å². The molecule has 27 heavy (non-hydrogen) atoms. The van der Waals surface area contributed by atoms with Crippen molar-refractivity contribution < 1.29 is 19.6 Å². The zero-order valence-corrected chi connectivity index (χ0v) is 16.7. The molecule has 0 spiro atoms. The van der Waals surface area contributed by atoms with Crippen molar-refractivity contribution >= 4 is 28.2 Å². The van der Waals surface area contributed by atoms with Gasteiger partial charge in [0.1, 0.15) is 11.5 Å². The molecule has 0 saturated carbocycles. The van der Waals surface area contributed by atoms with E-state index >= 15 is 0 Å². The molecule has 1 aliphatic carbocycles. The van der Waals surface area contributed by atoms with Gasteiger partial charge in [-0.25, -0.2) is 4.79 Å². The van der Waals surface area contributed by atoms with Crippen LogP contribution in [0.2, 0.25) is 0 Å². The van der Waals surface area contributed by atoms with E-state index in [1.807, 2.05) is 35.6 Å². The number of ether oxygens (including phenoxy) is 1. The first kappa shape index (κ1) is 19.6. The van der Waals surface area contributed by atoms with E-state index in [0.29, 0.717) is 29.6 Å². The molecule has 0 unspecified atom stereocenters. The van der Waals surface area contributed by atoms with E-state index < -0.39 is 0 Å². The highest BCUT2D eigenvalue weighted by atomic mass is 32.1. The number of thiophene rings is 1. The number of quaternary nitrogens is 1. The molecule has 1 aliphatic rings. The Bertz CT molecular complexity index is 801. The third kappa shape index (κ3) is 4.96. The Morgan fingerprint density at radius 1 is 1.30 bits per heavy atom. The summed E-state index contributed by atoms with van der Waals surface area (Å²) >= 11 is 1.53. The second-order valence-corrected chi connectivity index (χ2v) is 8.11. The summed E-state index contributed by atoms with van der Waals surface area (Å²) < 4.78 is 5.25. The molecule has 0 saturated heterocycles. The quantitative estimate of drug-likeness (QED) is 0.718. The molecule has 3 N–H and O–H groups in total. The molecule has 0 radical (unpaired) electrons. The van der Waals surface area contributed by atoms with Crippen LogP contribution in [0.5, 0.6) is 0 Å². The first-order valence-electron chi connectivity index (χ1n) is 9.55. The van der Waals surface area contributed by atoms with Crippen molar-refractivity contribution in [3.63, 3.8) is 0 Å². The summed E-state index contributed by atoms with van der Waals surface area (Å²) in [4.78, 5) is 26.1. The predicted molar refractivity (Wildman–Crippen MR) is 107 cm³/mol. The number of fused-ring (bicyclic) bond motifs is 1. The average Bonchev–Trinajstić information content (AvgIpc) is 2.99. The molecule has 1 aromatic heterocycles. The Morgan fingerprint density at radius 2 is 2.07 bits per heavy atom. The van der Waals surface area contributed by atoms with E-state index in [4.69, 9.17) is 4.74 Å². The van der Waals surface area contributed by atoms with E-state index in [1.165, 1.54) is 21.8 Å². The molecule has 5 nitrogen and oxygen atoms in total. The lowest BCUT2D eigenvalue weighted by Crippen LogP contribution is -2.84. The lowest BCUT2D eigenvalue weighted by molar-refractivity contribution is -0.659. The summed E-state index contributed by atoms with van der Waals surface area (Å²) in [7, 11) is 0. The first-order chi connectivity index (χ1) is 13.1. The summed E-state index contributed by atoms with van der Waals surface area (Å²) in [5.41, 5.74) is 2.82. The summed E-state index contributed by atoms with van der Waals surface area (Å²) in [5, 5.41) is 5.56. The lowest BCUT2D eigenvalue weighted by Gasteiger charge is -2.18. The SMILES string of the molecule is CCOC(=O)c1c(NC(=O)C[NH2+]Cc2ccccc2)sc2c1CC[C@H](C)C2. The van der Waals surface area contributed by atoms with Gasteiger partial charge in [-0.05, 0) is 37.7 Å². The number of rotatable bonds is 7. The second-order valence-electron chi connectivity index (χ2n) is 7.01. The number of nitrogens with two attached hydrogens (primary N) is 1. The maximum atomic E-state index is 12.5. The zero-order chi connectivity index (χ0) is 19.2. The maximum absolute atomic E-state index is 12.5. The van der Waals surface area contributed by atoms with Gasteiger partial charge in [0.15, 0.2) is 6.54 Å². The van der Waals surface area contributed by atoms with Crippen LogP contribution in [0.1, 0.15) is 46.6 Å². The van der Waals surface area contributed by atoms with Crippen LogP contribution in [-0.4, -0.2) is 25.0 Å². The molecular weight excluding hydrogens is 360 g/mol. The monoisotopic (exact) mass is 387 g/mol. The van der Waals surface area contributed by atoms with E-state index in [-0.39, 0.29) is 11.9 Å². The molecule has 0 fully saturated rings. The van der Waals surface area contributed by atoms with Crippen LogP contribution in [-0.2, 0) is 28.9 Å². The molecule has 0 bridgehead atoms. The summed E-state index contributed by atoms with van der Waals surface area (Å²) in [6.07, 6.45) is 2.90. The Kier molecular flexibility index (Phi) is 6.63. The minimum atomic E-state index is -0.326. The van der Waals surface area contributed by atoms with Gasteiger partial charge in [-0.15, -0.1) is 11.3 Å². The zero-order valence-electron chi connectivity index (χ0n) is 15.9. The standard InChI is InChI=1S/C21H26N2O3S/c1-3-26-21(25)19-16-10-9-14(2)11-17(16)27-20(19)23-18(24)13-22-12-15-7-5-4-6-8-15/h4-8,14,22H,3,9-13H2,1-2H3,(H,23,24)/p+1/t14-/m0/s1. The number of carbonyl (C=O) groups is 2. The summed E-state index contributed by atoms with van der Waals surface area (Å²) in [6.45, 7) is 5.42. The normalized spacial score (nSPS) is 15.9. The number of benzene rings is 1. The fourth-order valence-corrected chi connectivity index (χ4v) is 4.83. The van der Waals surface area contributed by atoms with Gasteiger partial charge in [-0.3, -0.25) is 4.79 Å². The number of esters is 1. The molecule has 1 aromatic carbocycles. The van der Waals surface area contributed by atoms with Gasteiger partial charge < -0.3 is 15.4 Å². The van der Waals surface area contributed by atoms with Crippen molar-refractivity contribution in [1.82, 2.24) is 0 Å². The van der Waals surface area contributed by atoms with E-state index in [2.05, 4.69) is 12.2 Å². The number of amides is 1. The minimum absolute atomic E-state index is 0.0943. The number of hydrogen-bond donors (Lipinski definition) is 2. The highest BCUT2D eigenvalue weighted by Gasteiger charge is 2.29. The van der Waals surface area contributed by atoms with Gasteiger partial charge in [-0.1, -0.05) is 37.3 Å². The lowest BCUT2D eigenvalue weighted by atomic mass is 9.88. The summed E-state index contributed by atoms with van der Waals surface area (Å²) in [6, 6.07) is 10.0. The number of carbonyl (C=O) groups excluding carboxylic acids is 2. The van der Waals surface area contributed by atoms with Crippen LogP contribution >= 0.6 is 11.3 Å². The van der Waals surface area contributed by atoms with Gasteiger partial charge >= 0.3 is 5.97 Å². The van der Waals surface area contributed by atoms with Crippen molar-refractivity contribution in [3.8, 4) is 0 Å². The third-order valence-corrected chi connectivity index (χ3v) is 5.97.